The number of fused-ring (bicyclic) bond motifs is 1. The lowest BCUT2D eigenvalue weighted by atomic mass is 10.2. The third-order valence-electron chi connectivity index (χ3n) is 3.86. The zero-order valence-corrected chi connectivity index (χ0v) is 13.8. The van der Waals surface area contributed by atoms with E-state index in [0.29, 0.717) is 18.2 Å². The molecular formula is C20H15FN4O. The van der Waals surface area contributed by atoms with Crippen molar-refractivity contribution in [1.29, 1.82) is 0 Å². The van der Waals surface area contributed by atoms with Crippen LogP contribution in [0.1, 0.15) is 5.56 Å². The van der Waals surface area contributed by atoms with Gasteiger partial charge in [0, 0.05) is 42.3 Å². The summed E-state index contributed by atoms with van der Waals surface area (Å²) in [5.41, 5.74) is 2.85. The summed E-state index contributed by atoms with van der Waals surface area (Å²) < 4.78 is 18.5. The average Bonchev–Trinajstić information content (AvgIpc) is 2.69. The van der Waals surface area contributed by atoms with E-state index in [0.717, 1.165) is 22.2 Å². The molecule has 0 aliphatic heterocycles. The topological polar surface area (TPSA) is 59.9 Å². The number of hydrogen-bond acceptors (Lipinski definition) is 5. The predicted molar refractivity (Wildman–Crippen MR) is 97.6 cm³/mol. The molecule has 0 unspecified atom stereocenters. The Morgan fingerprint density at radius 3 is 2.58 bits per heavy atom. The van der Waals surface area contributed by atoms with Crippen molar-refractivity contribution in [3.63, 3.8) is 0 Å². The second kappa shape index (κ2) is 7.14. The minimum atomic E-state index is -0.300. The minimum Gasteiger partial charge on any atom is -0.439 e. The standard InChI is InChI=1S/C20H15FN4O/c21-15-2-4-16(5-3-15)26-20-6-1-14(12-25-20)11-24-18-8-10-23-19-13-22-9-7-17(18)19/h1-10,12-13H,11H2,(H,23,24). The molecule has 1 N–H and O–H groups in total. The normalized spacial score (nSPS) is 10.7. The van der Waals surface area contributed by atoms with E-state index in [1.165, 1.54) is 12.1 Å². The largest absolute Gasteiger partial charge is 0.439 e. The number of hydrogen-bond donors (Lipinski definition) is 1. The Hall–Kier alpha value is -3.54. The lowest BCUT2D eigenvalue weighted by Crippen LogP contribution is -2.01. The molecule has 26 heavy (non-hydrogen) atoms. The van der Waals surface area contributed by atoms with Crippen molar-refractivity contribution in [2.75, 3.05) is 5.32 Å². The molecule has 128 valence electrons. The summed E-state index contributed by atoms with van der Waals surface area (Å²) >= 11 is 0. The fourth-order valence-corrected chi connectivity index (χ4v) is 2.55. The number of aromatic nitrogens is 3. The van der Waals surface area contributed by atoms with Gasteiger partial charge in [0.2, 0.25) is 5.88 Å². The van der Waals surface area contributed by atoms with Crippen molar-refractivity contribution in [3.8, 4) is 11.6 Å². The molecule has 0 bridgehead atoms. The molecule has 0 spiro atoms. The summed E-state index contributed by atoms with van der Waals surface area (Å²) in [4.78, 5) is 12.7. The van der Waals surface area contributed by atoms with Crippen LogP contribution >= 0.6 is 0 Å². The average molecular weight is 346 g/mol. The third-order valence-corrected chi connectivity index (χ3v) is 3.86. The van der Waals surface area contributed by atoms with Crippen molar-refractivity contribution < 1.29 is 9.13 Å². The van der Waals surface area contributed by atoms with Crippen LogP contribution in [0.2, 0.25) is 0 Å². The van der Waals surface area contributed by atoms with Crippen molar-refractivity contribution in [3.05, 3.63) is 84.7 Å². The fraction of sp³-hybridized carbons (Fsp3) is 0.0500. The van der Waals surface area contributed by atoms with Crippen LogP contribution in [-0.2, 0) is 6.54 Å². The Labute approximate surface area is 149 Å². The molecule has 4 rings (SSSR count). The molecule has 0 atom stereocenters. The summed E-state index contributed by atoms with van der Waals surface area (Å²) in [6.45, 7) is 0.616. The Balaban J connectivity index is 1.43. The molecule has 3 aromatic heterocycles. The van der Waals surface area contributed by atoms with Crippen LogP contribution in [0.3, 0.4) is 0 Å². The summed E-state index contributed by atoms with van der Waals surface area (Å²) in [6, 6.07) is 13.4. The third kappa shape index (κ3) is 3.59. The molecule has 0 saturated heterocycles. The number of halogens is 1. The van der Waals surface area contributed by atoms with Crippen LogP contribution in [0.5, 0.6) is 11.6 Å². The molecule has 0 aliphatic rings. The molecular weight excluding hydrogens is 331 g/mol. The first-order valence-electron chi connectivity index (χ1n) is 8.09. The molecule has 0 fully saturated rings. The molecule has 0 saturated carbocycles. The lowest BCUT2D eigenvalue weighted by molar-refractivity contribution is 0.461. The number of rotatable bonds is 5. The van der Waals surface area contributed by atoms with Crippen LogP contribution in [0.4, 0.5) is 10.1 Å². The second-order valence-electron chi connectivity index (χ2n) is 5.67. The molecule has 6 heteroatoms. The molecule has 3 heterocycles. The van der Waals surface area contributed by atoms with Crippen molar-refractivity contribution in [2.24, 2.45) is 0 Å². The van der Waals surface area contributed by atoms with Crippen molar-refractivity contribution in [1.82, 2.24) is 15.0 Å². The van der Waals surface area contributed by atoms with E-state index in [1.54, 1.807) is 43.0 Å². The first kappa shape index (κ1) is 16.0. The lowest BCUT2D eigenvalue weighted by Gasteiger charge is -2.10. The SMILES string of the molecule is Fc1ccc(Oc2ccc(CNc3ccnc4cnccc34)cn2)cc1. The minimum absolute atomic E-state index is 0.300. The van der Waals surface area contributed by atoms with Gasteiger partial charge in [-0.25, -0.2) is 9.37 Å². The molecule has 0 amide bonds. The van der Waals surface area contributed by atoms with Crippen LogP contribution in [0, 0.1) is 5.82 Å². The van der Waals surface area contributed by atoms with Crippen LogP contribution in [-0.4, -0.2) is 15.0 Å². The van der Waals surface area contributed by atoms with Gasteiger partial charge in [-0.05, 0) is 42.0 Å². The maximum atomic E-state index is 12.9. The Morgan fingerprint density at radius 2 is 1.77 bits per heavy atom. The van der Waals surface area contributed by atoms with Gasteiger partial charge in [0.15, 0.2) is 0 Å². The monoisotopic (exact) mass is 346 g/mol. The van der Waals surface area contributed by atoms with E-state index in [4.69, 9.17) is 4.74 Å². The Kier molecular flexibility index (Phi) is 4.38. The van der Waals surface area contributed by atoms with Crippen molar-refractivity contribution >= 4 is 16.6 Å². The van der Waals surface area contributed by atoms with Gasteiger partial charge in [-0.3, -0.25) is 9.97 Å². The van der Waals surface area contributed by atoms with Gasteiger partial charge in [-0.15, -0.1) is 0 Å². The molecule has 0 aliphatic carbocycles. The van der Waals surface area contributed by atoms with Gasteiger partial charge in [-0.1, -0.05) is 6.07 Å². The highest BCUT2D eigenvalue weighted by atomic mass is 19.1. The Bertz CT molecular complexity index is 1010. The van der Waals surface area contributed by atoms with Gasteiger partial charge in [0.1, 0.15) is 11.6 Å². The van der Waals surface area contributed by atoms with E-state index in [-0.39, 0.29) is 5.82 Å². The number of nitrogens with zero attached hydrogens (tertiary/aromatic N) is 3. The van der Waals surface area contributed by atoms with E-state index < -0.39 is 0 Å². The smallest absolute Gasteiger partial charge is 0.219 e. The summed E-state index contributed by atoms with van der Waals surface area (Å²) in [5.74, 6) is 0.702. The maximum Gasteiger partial charge on any atom is 0.219 e. The Morgan fingerprint density at radius 1 is 0.885 bits per heavy atom. The number of nitrogens with one attached hydrogen (secondary N) is 1. The highest BCUT2D eigenvalue weighted by molar-refractivity contribution is 5.90. The first-order chi connectivity index (χ1) is 12.8. The second-order valence-corrected chi connectivity index (χ2v) is 5.67. The fourth-order valence-electron chi connectivity index (χ4n) is 2.55. The molecule has 4 aromatic rings. The number of ether oxygens (including phenoxy) is 1. The van der Waals surface area contributed by atoms with E-state index in [1.807, 2.05) is 18.2 Å². The van der Waals surface area contributed by atoms with Crippen LogP contribution in [0.25, 0.3) is 10.9 Å². The summed E-state index contributed by atoms with van der Waals surface area (Å²) in [5, 5.41) is 4.41. The maximum absolute atomic E-state index is 12.9. The van der Waals surface area contributed by atoms with Gasteiger partial charge in [0.05, 0.1) is 11.7 Å². The number of pyridine rings is 3. The quantitative estimate of drug-likeness (QED) is 0.574. The molecule has 1 aromatic carbocycles. The zero-order chi connectivity index (χ0) is 17.8. The first-order valence-corrected chi connectivity index (χ1v) is 8.09. The van der Waals surface area contributed by atoms with Crippen LogP contribution < -0.4 is 10.1 Å². The van der Waals surface area contributed by atoms with Gasteiger partial charge < -0.3 is 10.1 Å². The summed E-state index contributed by atoms with van der Waals surface area (Å²) in [6.07, 6.45) is 6.99. The van der Waals surface area contributed by atoms with Gasteiger partial charge >= 0.3 is 0 Å². The predicted octanol–water partition coefficient (Wildman–Crippen LogP) is 4.57. The van der Waals surface area contributed by atoms with E-state index in [9.17, 15) is 4.39 Å². The molecule has 0 radical (unpaired) electrons. The number of benzene rings is 1. The zero-order valence-electron chi connectivity index (χ0n) is 13.8. The van der Waals surface area contributed by atoms with Gasteiger partial charge in [-0.2, -0.15) is 0 Å². The molecule has 5 nitrogen and oxygen atoms in total. The highest BCUT2D eigenvalue weighted by Gasteiger charge is 2.03. The summed E-state index contributed by atoms with van der Waals surface area (Å²) in [7, 11) is 0. The van der Waals surface area contributed by atoms with Gasteiger partial charge in [0.25, 0.3) is 0 Å². The number of anilines is 1. The van der Waals surface area contributed by atoms with Crippen molar-refractivity contribution in [2.45, 2.75) is 6.54 Å². The van der Waals surface area contributed by atoms with Crippen LogP contribution in [0.15, 0.2) is 73.3 Å². The van der Waals surface area contributed by atoms with E-state index in [2.05, 4.69) is 20.3 Å². The highest BCUT2D eigenvalue weighted by Crippen LogP contribution is 2.22. The van der Waals surface area contributed by atoms with E-state index >= 15 is 0 Å².